The van der Waals surface area contributed by atoms with Gasteiger partial charge in [-0.25, -0.2) is 0 Å². The first kappa shape index (κ1) is 18.8. The van der Waals surface area contributed by atoms with Gasteiger partial charge in [0.15, 0.2) is 16.8 Å². The zero-order chi connectivity index (χ0) is 19.6. The Morgan fingerprint density at radius 1 is 1.30 bits per heavy atom. The lowest BCUT2D eigenvalue weighted by Gasteiger charge is -2.07. The topological polar surface area (TPSA) is 104 Å². The SMILES string of the molecule is CCn1c(SCC(=O)c2ccc(C)c([N+](=O)[O-])c2)nnc1-c1ccoc1C. The molecule has 3 aromatic rings. The third-order valence-corrected chi connectivity index (χ3v) is 5.16. The van der Waals surface area contributed by atoms with Crippen molar-refractivity contribution >= 4 is 23.2 Å². The molecule has 1 aromatic carbocycles. The second-order valence-electron chi connectivity index (χ2n) is 5.91. The quantitative estimate of drug-likeness (QED) is 0.261. The number of aromatic nitrogens is 3. The van der Waals surface area contributed by atoms with Gasteiger partial charge in [0.25, 0.3) is 5.69 Å². The number of hydrogen-bond donors (Lipinski definition) is 0. The van der Waals surface area contributed by atoms with Crippen LogP contribution >= 0.6 is 11.8 Å². The van der Waals surface area contributed by atoms with Crippen molar-refractivity contribution in [2.24, 2.45) is 0 Å². The maximum atomic E-state index is 12.5. The van der Waals surface area contributed by atoms with Crippen LogP contribution in [0.25, 0.3) is 11.4 Å². The van der Waals surface area contributed by atoms with Gasteiger partial charge in [0, 0.05) is 23.7 Å². The fourth-order valence-corrected chi connectivity index (χ4v) is 3.59. The van der Waals surface area contributed by atoms with Crippen LogP contribution in [0.1, 0.15) is 28.6 Å². The summed E-state index contributed by atoms with van der Waals surface area (Å²) >= 11 is 1.26. The molecule has 0 aliphatic carbocycles. The Hall–Kier alpha value is -2.94. The number of carbonyl (C=O) groups is 1. The highest BCUT2D eigenvalue weighted by molar-refractivity contribution is 7.99. The van der Waals surface area contributed by atoms with Crippen molar-refractivity contribution in [1.82, 2.24) is 14.8 Å². The zero-order valence-corrected chi connectivity index (χ0v) is 15.9. The molecule has 0 aliphatic rings. The van der Waals surface area contributed by atoms with E-state index in [4.69, 9.17) is 4.42 Å². The van der Waals surface area contributed by atoms with E-state index in [1.165, 1.54) is 17.8 Å². The number of rotatable bonds is 7. The molecule has 0 spiro atoms. The van der Waals surface area contributed by atoms with Crippen molar-refractivity contribution in [1.29, 1.82) is 0 Å². The fraction of sp³-hybridized carbons (Fsp3) is 0.278. The van der Waals surface area contributed by atoms with E-state index in [0.29, 0.717) is 28.7 Å². The highest BCUT2D eigenvalue weighted by atomic mass is 32.2. The van der Waals surface area contributed by atoms with Crippen molar-refractivity contribution in [2.45, 2.75) is 32.5 Å². The standard InChI is InChI=1S/C18H18N4O4S/c1-4-21-17(14-7-8-26-12(14)3)19-20-18(21)27-10-16(23)13-6-5-11(2)15(9-13)22(24)25/h5-9H,4,10H2,1-3H3. The minimum absolute atomic E-state index is 0.0553. The van der Waals surface area contributed by atoms with Gasteiger partial charge in [-0.3, -0.25) is 14.9 Å². The van der Waals surface area contributed by atoms with Crippen molar-refractivity contribution < 1.29 is 14.1 Å². The summed E-state index contributed by atoms with van der Waals surface area (Å²) < 4.78 is 7.24. The summed E-state index contributed by atoms with van der Waals surface area (Å²) in [6.45, 7) is 6.10. The minimum atomic E-state index is -0.480. The molecule has 0 saturated carbocycles. The molecule has 0 saturated heterocycles. The van der Waals surface area contributed by atoms with Crippen LogP contribution in [0.2, 0.25) is 0 Å². The molecular weight excluding hydrogens is 368 g/mol. The molecule has 8 nitrogen and oxygen atoms in total. The molecule has 140 valence electrons. The molecule has 0 fully saturated rings. The number of aryl methyl sites for hydroxylation is 2. The predicted octanol–water partition coefficient (Wildman–Crippen LogP) is 4.06. The summed E-state index contributed by atoms with van der Waals surface area (Å²) in [4.78, 5) is 23.1. The van der Waals surface area contributed by atoms with E-state index in [1.807, 2.05) is 24.5 Å². The Bertz CT molecular complexity index is 1010. The first-order valence-electron chi connectivity index (χ1n) is 8.31. The second kappa shape index (κ2) is 7.75. The van der Waals surface area contributed by atoms with Gasteiger partial charge >= 0.3 is 0 Å². The monoisotopic (exact) mass is 386 g/mol. The Labute approximate surface area is 159 Å². The first-order valence-corrected chi connectivity index (χ1v) is 9.29. The smallest absolute Gasteiger partial charge is 0.273 e. The lowest BCUT2D eigenvalue weighted by molar-refractivity contribution is -0.385. The van der Waals surface area contributed by atoms with Crippen molar-refractivity contribution in [3.8, 4) is 11.4 Å². The minimum Gasteiger partial charge on any atom is -0.469 e. The van der Waals surface area contributed by atoms with Gasteiger partial charge < -0.3 is 8.98 Å². The number of nitro groups is 1. The van der Waals surface area contributed by atoms with Crippen LogP contribution < -0.4 is 0 Å². The van der Waals surface area contributed by atoms with E-state index in [1.54, 1.807) is 25.3 Å². The van der Waals surface area contributed by atoms with Gasteiger partial charge in [0.2, 0.25) is 0 Å². The second-order valence-corrected chi connectivity index (χ2v) is 6.85. The summed E-state index contributed by atoms with van der Waals surface area (Å²) in [5.74, 6) is 1.35. The lowest BCUT2D eigenvalue weighted by Crippen LogP contribution is -2.06. The Morgan fingerprint density at radius 3 is 2.70 bits per heavy atom. The summed E-state index contributed by atoms with van der Waals surface area (Å²) in [5, 5.41) is 20.1. The van der Waals surface area contributed by atoms with E-state index in [-0.39, 0.29) is 17.2 Å². The first-order chi connectivity index (χ1) is 12.9. The van der Waals surface area contributed by atoms with Gasteiger partial charge in [-0.05, 0) is 26.8 Å². The van der Waals surface area contributed by atoms with Crippen LogP contribution in [0, 0.1) is 24.0 Å². The Balaban J connectivity index is 1.78. The highest BCUT2D eigenvalue weighted by Gasteiger charge is 2.19. The molecule has 0 atom stereocenters. The molecule has 0 amide bonds. The highest BCUT2D eigenvalue weighted by Crippen LogP contribution is 2.28. The number of furan rings is 1. The predicted molar refractivity (Wildman–Crippen MR) is 101 cm³/mol. The number of ketones is 1. The molecule has 0 unspecified atom stereocenters. The van der Waals surface area contributed by atoms with Crippen LogP contribution in [-0.4, -0.2) is 31.2 Å². The van der Waals surface area contributed by atoms with Crippen molar-refractivity contribution in [2.75, 3.05) is 5.75 Å². The number of nitro benzene ring substituents is 1. The van der Waals surface area contributed by atoms with E-state index < -0.39 is 4.92 Å². The molecular formula is C18H18N4O4S. The lowest BCUT2D eigenvalue weighted by atomic mass is 10.1. The molecule has 27 heavy (non-hydrogen) atoms. The third-order valence-electron chi connectivity index (χ3n) is 4.19. The molecule has 0 aliphatic heterocycles. The molecule has 0 radical (unpaired) electrons. The number of carbonyl (C=O) groups excluding carboxylic acids is 1. The third kappa shape index (κ3) is 3.77. The number of Topliss-reactive ketones (excluding diaryl/α,β-unsaturated/α-hetero) is 1. The summed E-state index contributed by atoms with van der Waals surface area (Å²) in [5.41, 5.74) is 1.64. The van der Waals surface area contributed by atoms with E-state index in [2.05, 4.69) is 10.2 Å². The maximum Gasteiger partial charge on any atom is 0.273 e. The molecule has 9 heteroatoms. The summed E-state index contributed by atoms with van der Waals surface area (Å²) in [6, 6.07) is 6.35. The van der Waals surface area contributed by atoms with Crippen LogP contribution in [0.15, 0.2) is 40.1 Å². The summed E-state index contributed by atoms with van der Waals surface area (Å²) in [7, 11) is 0. The van der Waals surface area contributed by atoms with Gasteiger partial charge in [0.05, 0.1) is 22.5 Å². The normalized spacial score (nSPS) is 10.9. The van der Waals surface area contributed by atoms with Crippen LogP contribution in [0.5, 0.6) is 0 Å². The van der Waals surface area contributed by atoms with Gasteiger partial charge in [0.1, 0.15) is 5.76 Å². The van der Waals surface area contributed by atoms with Crippen molar-refractivity contribution in [3.63, 3.8) is 0 Å². The van der Waals surface area contributed by atoms with E-state index in [9.17, 15) is 14.9 Å². The number of benzene rings is 1. The average molecular weight is 386 g/mol. The van der Waals surface area contributed by atoms with Gasteiger partial charge in [-0.1, -0.05) is 23.9 Å². The van der Waals surface area contributed by atoms with Crippen LogP contribution in [0.4, 0.5) is 5.69 Å². The molecule has 0 bridgehead atoms. The van der Waals surface area contributed by atoms with Crippen LogP contribution in [0.3, 0.4) is 0 Å². The van der Waals surface area contributed by atoms with Crippen molar-refractivity contribution in [3.05, 3.63) is 57.5 Å². The summed E-state index contributed by atoms with van der Waals surface area (Å²) in [6.07, 6.45) is 1.60. The Kier molecular flexibility index (Phi) is 5.41. The molecule has 0 N–H and O–H groups in total. The largest absolute Gasteiger partial charge is 0.469 e. The van der Waals surface area contributed by atoms with E-state index >= 15 is 0 Å². The fourth-order valence-electron chi connectivity index (χ4n) is 2.69. The molecule has 2 aromatic heterocycles. The van der Waals surface area contributed by atoms with Gasteiger partial charge in [-0.2, -0.15) is 0 Å². The maximum absolute atomic E-state index is 12.5. The van der Waals surface area contributed by atoms with Crippen LogP contribution in [-0.2, 0) is 6.54 Å². The molecule has 2 heterocycles. The molecule has 3 rings (SSSR count). The number of hydrogen-bond acceptors (Lipinski definition) is 7. The average Bonchev–Trinajstić information content (AvgIpc) is 3.24. The Morgan fingerprint density at radius 2 is 2.07 bits per heavy atom. The van der Waals surface area contributed by atoms with Gasteiger partial charge in [-0.15, -0.1) is 10.2 Å². The van der Waals surface area contributed by atoms with E-state index in [0.717, 1.165) is 11.3 Å². The number of thioether (sulfide) groups is 1. The zero-order valence-electron chi connectivity index (χ0n) is 15.1. The number of nitrogens with zero attached hydrogens (tertiary/aromatic N) is 4.